The van der Waals surface area contributed by atoms with Crippen LogP contribution in [0.1, 0.15) is 21.1 Å². The highest BCUT2D eigenvalue weighted by molar-refractivity contribution is 7.91. The molecule has 0 bridgehead atoms. The zero-order valence-corrected chi connectivity index (χ0v) is 12.7. The summed E-state index contributed by atoms with van der Waals surface area (Å²) in [6.07, 6.45) is 0. The number of benzene rings is 1. The Morgan fingerprint density at radius 3 is 2.53 bits per heavy atom. The Balaban J connectivity index is 2.40. The van der Waals surface area contributed by atoms with E-state index < -0.39 is 9.84 Å². The number of rotatable bonds is 3. The Hall–Kier alpha value is -1.40. The monoisotopic (exact) mass is 296 g/mol. The van der Waals surface area contributed by atoms with Gasteiger partial charge in [-0.15, -0.1) is 11.3 Å². The predicted octanol–water partition coefficient (Wildman–Crippen LogP) is 2.62. The van der Waals surface area contributed by atoms with E-state index in [4.69, 9.17) is 5.73 Å². The van der Waals surface area contributed by atoms with Crippen molar-refractivity contribution >= 4 is 26.9 Å². The summed E-state index contributed by atoms with van der Waals surface area (Å²) in [5.41, 5.74) is 7.84. The van der Waals surface area contributed by atoms with Crippen molar-refractivity contribution in [2.75, 3.05) is 5.73 Å². The van der Waals surface area contributed by atoms with Gasteiger partial charge in [0.25, 0.3) is 0 Å². The van der Waals surface area contributed by atoms with Gasteiger partial charge in [0.2, 0.25) is 0 Å². The van der Waals surface area contributed by atoms with E-state index in [0.717, 1.165) is 16.1 Å². The molecule has 0 saturated carbocycles. The second-order valence-electron chi connectivity index (χ2n) is 4.50. The SMILES string of the molecule is Cc1cccc(S(=O)(=O)Cc2nc(C)c(C)s2)c1N. The largest absolute Gasteiger partial charge is 0.397 e. The van der Waals surface area contributed by atoms with Crippen LogP contribution in [-0.4, -0.2) is 13.4 Å². The summed E-state index contributed by atoms with van der Waals surface area (Å²) in [6.45, 7) is 5.61. The quantitative estimate of drug-likeness (QED) is 0.884. The molecule has 102 valence electrons. The normalized spacial score (nSPS) is 11.7. The number of aryl methyl sites for hydroxylation is 3. The maximum Gasteiger partial charge on any atom is 0.186 e. The van der Waals surface area contributed by atoms with Gasteiger partial charge in [-0.25, -0.2) is 13.4 Å². The van der Waals surface area contributed by atoms with Crippen molar-refractivity contribution in [3.63, 3.8) is 0 Å². The van der Waals surface area contributed by atoms with E-state index in [1.54, 1.807) is 25.1 Å². The fourth-order valence-electron chi connectivity index (χ4n) is 1.77. The average molecular weight is 296 g/mol. The van der Waals surface area contributed by atoms with E-state index in [1.807, 2.05) is 13.8 Å². The highest BCUT2D eigenvalue weighted by Crippen LogP contribution is 2.27. The minimum Gasteiger partial charge on any atom is -0.397 e. The highest BCUT2D eigenvalue weighted by Gasteiger charge is 2.21. The molecule has 4 nitrogen and oxygen atoms in total. The van der Waals surface area contributed by atoms with Gasteiger partial charge in [0.15, 0.2) is 9.84 Å². The van der Waals surface area contributed by atoms with Gasteiger partial charge in [-0.1, -0.05) is 12.1 Å². The molecule has 1 heterocycles. The van der Waals surface area contributed by atoms with Crippen LogP contribution in [0, 0.1) is 20.8 Å². The van der Waals surface area contributed by atoms with Crippen LogP contribution in [-0.2, 0) is 15.6 Å². The molecule has 2 N–H and O–H groups in total. The Labute approximate surface area is 117 Å². The number of sulfone groups is 1. The van der Waals surface area contributed by atoms with Crippen LogP contribution in [0.4, 0.5) is 5.69 Å². The van der Waals surface area contributed by atoms with Crippen molar-refractivity contribution in [2.24, 2.45) is 0 Å². The molecule has 2 aromatic rings. The van der Waals surface area contributed by atoms with Gasteiger partial charge in [-0.05, 0) is 32.4 Å². The third kappa shape index (κ3) is 2.79. The molecular formula is C13H16N2O2S2. The molecule has 0 fully saturated rings. The first kappa shape index (κ1) is 14.0. The van der Waals surface area contributed by atoms with Gasteiger partial charge in [-0.2, -0.15) is 0 Å². The Bertz CT molecular complexity index is 699. The van der Waals surface area contributed by atoms with E-state index in [9.17, 15) is 8.42 Å². The summed E-state index contributed by atoms with van der Waals surface area (Å²) in [6, 6.07) is 5.05. The number of hydrogen-bond acceptors (Lipinski definition) is 5. The van der Waals surface area contributed by atoms with Gasteiger partial charge in [-0.3, -0.25) is 0 Å². The van der Waals surface area contributed by atoms with Crippen molar-refractivity contribution < 1.29 is 8.42 Å². The lowest BCUT2D eigenvalue weighted by Crippen LogP contribution is -2.08. The fourth-order valence-corrected chi connectivity index (χ4v) is 4.52. The van der Waals surface area contributed by atoms with E-state index in [1.165, 1.54) is 11.3 Å². The number of aromatic nitrogens is 1. The molecule has 1 aromatic heterocycles. The minimum absolute atomic E-state index is 0.0972. The number of para-hydroxylation sites is 1. The zero-order valence-electron chi connectivity index (χ0n) is 11.1. The minimum atomic E-state index is -3.45. The smallest absolute Gasteiger partial charge is 0.186 e. The molecule has 0 saturated heterocycles. The molecule has 1 aromatic carbocycles. The highest BCUT2D eigenvalue weighted by atomic mass is 32.2. The molecular weight excluding hydrogens is 280 g/mol. The van der Waals surface area contributed by atoms with E-state index in [-0.39, 0.29) is 10.6 Å². The van der Waals surface area contributed by atoms with Crippen LogP contribution in [0.5, 0.6) is 0 Å². The third-order valence-electron chi connectivity index (χ3n) is 3.01. The fraction of sp³-hybridized carbons (Fsp3) is 0.308. The summed E-state index contributed by atoms with van der Waals surface area (Å²) in [5, 5.41) is 0.607. The Morgan fingerprint density at radius 1 is 1.26 bits per heavy atom. The number of hydrogen-bond donors (Lipinski definition) is 1. The van der Waals surface area contributed by atoms with Gasteiger partial charge in [0.1, 0.15) is 10.8 Å². The molecule has 0 radical (unpaired) electrons. The summed E-state index contributed by atoms with van der Waals surface area (Å²) in [4.78, 5) is 5.51. The first-order valence-corrected chi connectivity index (χ1v) is 8.29. The van der Waals surface area contributed by atoms with Crippen molar-refractivity contribution in [2.45, 2.75) is 31.4 Å². The number of nitrogens with two attached hydrogens (primary N) is 1. The molecule has 6 heteroatoms. The first-order chi connectivity index (χ1) is 8.81. The number of anilines is 1. The number of nitrogen functional groups attached to an aromatic ring is 1. The van der Waals surface area contributed by atoms with E-state index in [0.29, 0.717) is 10.7 Å². The van der Waals surface area contributed by atoms with Gasteiger partial charge < -0.3 is 5.73 Å². The predicted molar refractivity (Wildman–Crippen MR) is 78.1 cm³/mol. The first-order valence-electron chi connectivity index (χ1n) is 5.82. The lowest BCUT2D eigenvalue weighted by molar-refractivity contribution is 0.595. The Kier molecular flexibility index (Phi) is 3.64. The molecule has 0 aliphatic carbocycles. The number of thiazole rings is 1. The lowest BCUT2D eigenvalue weighted by atomic mass is 10.2. The molecule has 0 spiro atoms. The molecule has 19 heavy (non-hydrogen) atoms. The second kappa shape index (κ2) is 4.94. The number of nitrogens with zero attached hydrogens (tertiary/aromatic N) is 1. The second-order valence-corrected chi connectivity index (χ2v) is 7.74. The van der Waals surface area contributed by atoms with Crippen LogP contribution < -0.4 is 5.73 Å². The zero-order chi connectivity index (χ0) is 14.2. The summed E-state index contributed by atoms with van der Waals surface area (Å²) >= 11 is 1.41. The van der Waals surface area contributed by atoms with Crippen molar-refractivity contribution in [3.05, 3.63) is 39.3 Å². The topological polar surface area (TPSA) is 73.0 Å². The standard InChI is InChI=1S/C13H16N2O2S2/c1-8-5-4-6-11(13(8)14)19(16,17)7-12-15-9(2)10(3)18-12/h4-6H,7,14H2,1-3H3. The molecule has 0 unspecified atom stereocenters. The molecule has 0 amide bonds. The Morgan fingerprint density at radius 2 is 1.95 bits per heavy atom. The maximum atomic E-state index is 12.4. The molecule has 0 aliphatic heterocycles. The van der Waals surface area contributed by atoms with Gasteiger partial charge >= 0.3 is 0 Å². The van der Waals surface area contributed by atoms with Crippen molar-refractivity contribution in [3.8, 4) is 0 Å². The maximum absolute atomic E-state index is 12.4. The lowest BCUT2D eigenvalue weighted by Gasteiger charge is -2.08. The third-order valence-corrected chi connectivity index (χ3v) is 5.94. The van der Waals surface area contributed by atoms with E-state index in [2.05, 4.69) is 4.98 Å². The molecule has 0 aliphatic rings. The summed E-state index contributed by atoms with van der Waals surface area (Å²) in [7, 11) is -3.45. The van der Waals surface area contributed by atoms with Crippen molar-refractivity contribution in [1.29, 1.82) is 0 Å². The van der Waals surface area contributed by atoms with Crippen LogP contribution >= 0.6 is 11.3 Å². The molecule has 0 atom stereocenters. The van der Waals surface area contributed by atoms with Crippen LogP contribution in [0.25, 0.3) is 0 Å². The van der Waals surface area contributed by atoms with Crippen molar-refractivity contribution in [1.82, 2.24) is 4.98 Å². The van der Waals surface area contributed by atoms with Crippen LogP contribution in [0.15, 0.2) is 23.1 Å². The van der Waals surface area contributed by atoms with Crippen LogP contribution in [0.2, 0.25) is 0 Å². The average Bonchev–Trinajstić information content (AvgIpc) is 2.60. The summed E-state index contributed by atoms with van der Waals surface area (Å²) in [5.74, 6) is -0.0972. The summed E-state index contributed by atoms with van der Waals surface area (Å²) < 4.78 is 24.8. The van der Waals surface area contributed by atoms with Crippen LogP contribution in [0.3, 0.4) is 0 Å². The van der Waals surface area contributed by atoms with E-state index >= 15 is 0 Å². The molecule has 2 rings (SSSR count). The van der Waals surface area contributed by atoms with Gasteiger partial charge in [0.05, 0.1) is 16.3 Å². The van der Waals surface area contributed by atoms with Gasteiger partial charge in [0, 0.05) is 4.88 Å².